The van der Waals surface area contributed by atoms with Gasteiger partial charge in [-0.3, -0.25) is 9.59 Å². The molecule has 8 nitrogen and oxygen atoms in total. The first kappa shape index (κ1) is 21.3. The van der Waals surface area contributed by atoms with Gasteiger partial charge >= 0.3 is 6.03 Å². The standard InChI is InChI=1S/C21H23FN4O4/c1-13-10-15(14(2)25(13)8-9-30-3)11-18-20(28)26(21(29)24-18)12-19(27)23-17-7-5-4-6-16(17)22/h4-7,10-11H,8-9,12H2,1-3H3,(H,23,27)(H,24,29)/b18-11+. The summed E-state index contributed by atoms with van der Waals surface area (Å²) in [6.45, 7) is 4.55. The fourth-order valence-corrected chi connectivity index (χ4v) is 3.27. The highest BCUT2D eigenvalue weighted by atomic mass is 19.1. The van der Waals surface area contributed by atoms with Crippen molar-refractivity contribution in [2.45, 2.75) is 20.4 Å². The van der Waals surface area contributed by atoms with Gasteiger partial charge in [0.15, 0.2) is 0 Å². The Labute approximate surface area is 173 Å². The Morgan fingerprint density at radius 2 is 2.00 bits per heavy atom. The van der Waals surface area contributed by atoms with E-state index in [1.807, 2.05) is 19.9 Å². The van der Waals surface area contributed by atoms with E-state index in [-0.39, 0.29) is 11.4 Å². The van der Waals surface area contributed by atoms with Crippen LogP contribution in [0.3, 0.4) is 0 Å². The van der Waals surface area contributed by atoms with Crippen molar-refractivity contribution in [1.82, 2.24) is 14.8 Å². The predicted molar refractivity (Wildman–Crippen MR) is 109 cm³/mol. The SMILES string of the molecule is COCCn1c(C)cc(/C=C2/NC(=O)N(CC(=O)Nc3ccccc3F)C2=O)c1C. The van der Waals surface area contributed by atoms with Gasteiger partial charge in [0, 0.05) is 25.0 Å². The van der Waals surface area contributed by atoms with Gasteiger partial charge in [0.1, 0.15) is 18.1 Å². The monoisotopic (exact) mass is 414 g/mol. The number of aromatic nitrogens is 1. The van der Waals surface area contributed by atoms with E-state index < -0.39 is 30.2 Å². The molecule has 4 amide bonds. The smallest absolute Gasteiger partial charge is 0.329 e. The summed E-state index contributed by atoms with van der Waals surface area (Å²) in [6, 6.07) is 6.85. The highest BCUT2D eigenvalue weighted by Crippen LogP contribution is 2.20. The highest BCUT2D eigenvalue weighted by molar-refractivity contribution is 6.16. The lowest BCUT2D eigenvalue weighted by molar-refractivity contribution is -0.127. The summed E-state index contributed by atoms with van der Waals surface area (Å²) in [4.78, 5) is 37.8. The van der Waals surface area contributed by atoms with Crippen molar-refractivity contribution >= 4 is 29.6 Å². The number of para-hydroxylation sites is 1. The lowest BCUT2D eigenvalue weighted by atomic mass is 10.2. The number of amides is 4. The number of aryl methyl sites for hydroxylation is 1. The van der Waals surface area contributed by atoms with Crippen molar-refractivity contribution in [3.63, 3.8) is 0 Å². The molecule has 1 aliphatic heterocycles. The Morgan fingerprint density at radius 1 is 1.27 bits per heavy atom. The van der Waals surface area contributed by atoms with E-state index in [0.29, 0.717) is 13.2 Å². The molecule has 1 saturated heterocycles. The number of urea groups is 1. The summed E-state index contributed by atoms with van der Waals surface area (Å²) < 4.78 is 20.8. The quantitative estimate of drug-likeness (QED) is 0.538. The van der Waals surface area contributed by atoms with Gasteiger partial charge in [-0.2, -0.15) is 0 Å². The van der Waals surface area contributed by atoms with Crippen LogP contribution in [0.15, 0.2) is 36.0 Å². The Bertz CT molecular complexity index is 1030. The molecule has 0 bridgehead atoms. The Balaban J connectivity index is 1.73. The van der Waals surface area contributed by atoms with Crippen LogP contribution in [0, 0.1) is 19.7 Å². The van der Waals surface area contributed by atoms with Crippen LogP contribution < -0.4 is 10.6 Å². The van der Waals surface area contributed by atoms with Crippen molar-refractivity contribution < 1.29 is 23.5 Å². The highest BCUT2D eigenvalue weighted by Gasteiger charge is 2.35. The second kappa shape index (κ2) is 8.91. The minimum Gasteiger partial charge on any atom is -0.383 e. The minimum absolute atomic E-state index is 0.0196. The number of imide groups is 1. The number of hydrogen-bond acceptors (Lipinski definition) is 4. The van der Waals surface area contributed by atoms with E-state index in [1.54, 1.807) is 19.3 Å². The molecule has 30 heavy (non-hydrogen) atoms. The molecule has 9 heteroatoms. The van der Waals surface area contributed by atoms with Gasteiger partial charge in [0.25, 0.3) is 5.91 Å². The van der Waals surface area contributed by atoms with Crippen LogP contribution >= 0.6 is 0 Å². The zero-order valence-corrected chi connectivity index (χ0v) is 17.0. The fourth-order valence-electron chi connectivity index (χ4n) is 3.27. The van der Waals surface area contributed by atoms with Crippen LogP contribution in [-0.4, -0.2) is 47.6 Å². The van der Waals surface area contributed by atoms with Gasteiger partial charge in [-0.05, 0) is 43.7 Å². The zero-order chi connectivity index (χ0) is 21.8. The van der Waals surface area contributed by atoms with Crippen molar-refractivity contribution in [3.05, 3.63) is 58.8 Å². The van der Waals surface area contributed by atoms with E-state index in [4.69, 9.17) is 4.74 Å². The van der Waals surface area contributed by atoms with Gasteiger partial charge < -0.3 is 19.9 Å². The molecule has 2 aromatic rings. The molecule has 158 valence electrons. The number of carbonyl (C=O) groups is 3. The molecule has 1 aromatic heterocycles. The molecule has 0 spiro atoms. The van der Waals surface area contributed by atoms with E-state index in [2.05, 4.69) is 15.2 Å². The second-order valence-corrected chi connectivity index (χ2v) is 6.88. The number of benzene rings is 1. The summed E-state index contributed by atoms with van der Waals surface area (Å²) in [7, 11) is 1.63. The first-order valence-electron chi connectivity index (χ1n) is 9.36. The maximum absolute atomic E-state index is 13.7. The average Bonchev–Trinajstić information content (AvgIpc) is 3.12. The van der Waals surface area contributed by atoms with Crippen LogP contribution in [0.25, 0.3) is 6.08 Å². The fraction of sp³-hybridized carbons (Fsp3) is 0.286. The van der Waals surface area contributed by atoms with Gasteiger partial charge in [-0.25, -0.2) is 14.1 Å². The molecule has 3 rings (SSSR count). The molecule has 1 fully saturated rings. The van der Waals surface area contributed by atoms with E-state index in [9.17, 15) is 18.8 Å². The normalized spacial score (nSPS) is 15.1. The third-order valence-corrected chi connectivity index (χ3v) is 4.84. The lowest BCUT2D eigenvalue weighted by Crippen LogP contribution is -2.38. The van der Waals surface area contributed by atoms with Gasteiger partial charge in [-0.1, -0.05) is 12.1 Å². The molecule has 0 radical (unpaired) electrons. The first-order valence-corrected chi connectivity index (χ1v) is 9.36. The summed E-state index contributed by atoms with van der Waals surface area (Å²) in [6.07, 6.45) is 1.58. The van der Waals surface area contributed by atoms with Crippen molar-refractivity contribution in [2.75, 3.05) is 25.6 Å². The number of nitrogens with one attached hydrogen (secondary N) is 2. The summed E-state index contributed by atoms with van der Waals surface area (Å²) in [5, 5.41) is 4.85. The molecule has 0 aliphatic carbocycles. The number of nitrogens with zero attached hydrogens (tertiary/aromatic N) is 2. The summed E-state index contributed by atoms with van der Waals surface area (Å²) in [5.41, 5.74) is 2.76. The predicted octanol–water partition coefficient (Wildman–Crippen LogP) is 2.42. The molecule has 0 unspecified atom stereocenters. The van der Waals surface area contributed by atoms with Crippen LogP contribution in [0.5, 0.6) is 0 Å². The molecule has 0 atom stereocenters. The van der Waals surface area contributed by atoms with Gasteiger partial charge in [0.05, 0.1) is 12.3 Å². The molecule has 1 aromatic carbocycles. The Hall–Kier alpha value is -3.46. The maximum Gasteiger partial charge on any atom is 0.329 e. The van der Waals surface area contributed by atoms with Crippen LogP contribution in [0.2, 0.25) is 0 Å². The molecular weight excluding hydrogens is 391 g/mol. The minimum atomic E-state index is -0.705. The first-order chi connectivity index (χ1) is 14.3. The van der Waals surface area contributed by atoms with Crippen LogP contribution in [-0.2, 0) is 20.9 Å². The lowest BCUT2D eigenvalue weighted by Gasteiger charge is -2.12. The number of halogens is 1. The molecular formula is C21H23FN4O4. The molecule has 2 heterocycles. The largest absolute Gasteiger partial charge is 0.383 e. The molecule has 0 saturated carbocycles. The number of carbonyl (C=O) groups excluding carboxylic acids is 3. The number of ether oxygens (including phenoxy) is 1. The van der Waals surface area contributed by atoms with Crippen molar-refractivity contribution in [2.24, 2.45) is 0 Å². The summed E-state index contributed by atoms with van der Waals surface area (Å²) >= 11 is 0. The topological polar surface area (TPSA) is 92.7 Å². The number of anilines is 1. The van der Waals surface area contributed by atoms with E-state index in [1.165, 1.54) is 18.2 Å². The Morgan fingerprint density at radius 3 is 2.70 bits per heavy atom. The zero-order valence-electron chi connectivity index (χ0n) is 17.0. The third kappa shape index (κ3) is 4.41. The maximum atomic E-state index is 13.7. The van der Waals surface area contributed by atoms with Crippen molar-refractivity contribution in [1.29, 1.82) is 0 Å². The number of rotatable bonds is 7. The molecule has 1 aliphatic rings. The van der Waals surface area contributed by atoms with Crippen LogP contribution in [0.4, 0.5) is 14.9 Å². The third-order valence-electron chi connectivity index (χ3n) is 4.84. The summed E-state index contributed by atoms with van der Waals surface area (Å²) in [5.74, 6) is -1.90. The Kier molecular flexibility index (Phi) is 6.31. The van der Waals surface area contributed by atoms with Gasteiger partial charge in [-0.15, -0.1) is 0 Å². The van der Waals surface area contributed by atoms with E-state index >= 15 is 0 Å². The average molecular weight is 414 g/mol. The van der Waals surface area contributed by atoms with E-state index in [0.717, 1.165) is 21.9 Å². The second-order valence-electron chi connectivity index (χ2n) is 6.88. The van der Waals surface area contributed by atoms with Crippen molar-refractivity contribution in [3.8, 4) is 0 Å². The van der Waals surface area contributed by atoms with Crippen LogP contribution in [0.1, 0.15) is 17.0 Å². The number of methoxy groups -OCH3 is 1. The molecule has 2 N–H and O–H groups in total. The van der Waals surface area contributed by atoms with Gasteiger partial charge in [0.2, 0.25) is 5.91 Å². The number of hydrogen-bond donors (Lipinski definition) is 2.